The van der Waals surface area contributed by atoms with Crippen molar-refractivity contribution >= 4 is 17.5 Å². The second kappa shape index (κ2) is 7.52. The smallest absolute Gasteiger partial charge is 0.254 e. The Labute approximate surface area is 147 Å². The van der Waals surface area contributed by atoms with Crippen LogP contribution in [0.2, 0.25) is 0 Å². The Morgan fingerprint density at radius 3 is 2.56 bits per heavy atom. The first-order valence-corrected chi connectivity index (χ1v) is 9.09. The monoisotopic (exact) mass is 348 g/mol. The normalized spacial score (nSPS) is 20.4. The van der Waals surface area contributed by atoms with Crippen molar-refractivity contribution in [3.63, 3.8) is 0 Å². The van der Waals surface area contributed by atoms with E-state index >= 15 is 0 Å². The van der Waals surface area contributed by atoms with E-state index in [9.17, 15) is 19.1 Å². The molecule has 1 aromatic rings. The number of carbonyl (C=O) groups excluding carboxylic acids is 2. The van der Waals surface area contributed by atoms with Gasteiger partial charge in [0, 0.05) is 25.2 Å². The van der Waals surface area contributed by atoms with Crippen molar-refractivity contribution in [1.82, 2.24) is 5.32 Å². The minimum atomic E-state index is -0.912. The van der Waals surface area contributed by atoms with Crippen molar-refractivity contribution < 1.29 is 19.1 Å². The summed E-state index contributed by atoms with van der Waals surface area (Å²) < 4.78 is 14.1. The van der Waals surface area contributed by atoms with Gasteiger partial charge in [0.15, 0.2) is 0 Å². The number of benzene rings is 1. The quantitative estimate of drug-likeness (QED) is 0.822. The SMILES string of the molecule is O=C(NCC1(O)CCCCCC1)c1cc(N2CCCC2=O)ccc1F. The molecule has 3 rings (SSSR count). The maximum atomic E-state index is 14.1. The van der Waals surface area contributed by atoms with Crippen LogP contribution in [-0.2, 0) is 4.79 Å². The first kappa shape index (κ1) is 17.9. The lowest BCUT2D eigenvalue weighted by Gasteiger charge is -2.27. The molecule has 0 radical (unpaired) electrons. The summed E-state index contributed by atoms with van der Waals surface area (Å²) in [4.78, 5) is 25.8. The molecular weight excluding hydrogens is 323 g/mol. The number of carbonyl (C=O) groups is 2. The molecule has 5 nitrogen and oxygen atoms in total. The third-order valence-corrected chi connectivity index (χ3v) is 5.19. The zero-order valence-electron chi connectivity index (χ0n) is 14.4. The Balaban J connectivity index is 1.69. The van der Waals surface area contributed by atoms with E-state index in [1.54, 1.807) is 4.90 Å². The van der Waals surface area contributed by atoms with Crippen molar-refractivity contribution in [2.75, 3.05) is 18.0 Å². The summed E-state index contributed by atoms with van der Waals surface area (Å²) in [6, 6.07) is 4.16. The molecule has 2 N–H and O–H groups in total. The van der Waals surface area contributed by atoms with Gasteiger partial charge < -0.3 is 15.3 Å². The lowest BCUT2D eigenvalue weighted by Crippen LogP contribution is -2.42. The average Bonchev–Trinajstić information content (AvgIpc) is 2.90. The number of rotatable bonds is 4. The first-order chi connectivity index (χ1) is 12.0. The lowest BCUT2D eigenvalue weighted by atomic mass is 9.94. The third kappa shape index (κ3) is 4.18. The molecule has 0 bridgehead atoms. The van der Waals surface area contributed by atoms with Crippen LogP contribution in [0.5, 0.6) is 0 Å². The van der Waals surface area contributed by atoms with E-state index < -0.39 is 17.3 Å². The number of hydrogen-bond acceptors (Lipinski definition) is 3. The van der Waals surface area contributed by atoms with Crippen molar-refractivity contribution in [3.8, 4) is 0 Å². The molecule has 0 unspecified atom stereocenters. The molecule has 2 fully saturated rings. The second-order valence-electron chi connectivity index (χ2n) is 7.13. The molecular formula is C19H25FN2O3. The highest BCUT2D eigenvalue weighted by Crippen LogP contribution is 2.27. The molecule has 2 aliphatic rings. The number of halogens is 1. The number of anilines is 1. The molecule has 0 spiro atoms. The number of amides is 2. The van der Waals surface area contributed by atoms with Crippen LogP contribution in [0.15, 0.2) is 18.2 Å². The molecule has 136 valence electrons. The van der Waals surface area contributed by atoms with E-state index in [4.69, 9.17) is 0 Å². The van der Waals surface area contributed by atoms with Gasteiger partial charge in [-0.3, -0.25) is 9.59 Å². The Bertz CT molecular complexity index is 654. The van der Waals surface area contributed by atoms with E-state index in [1.165, 1.54) is 18.2 Å². The summed E-state index contributed by atoms with van der Waals surface area (Å²) in [7, 11) is 0. The minimum Gasteiger partial charge on any atom is -0.388 e. The lowest BCUT2D eigenvalue weighted by molar-refractivity contribution is -0.117. The highest BCUT2D eigenvalue weighted by molar-refractivity contribution is 5.99. The Hall–Kier alpha value is -1.95. The molecule has 1 saturated heterocycles. The van der Waals surface area contributed by atoms with Gasteiger partial charge in [-0.05, 0) is 37.5 Å². The van der Waals surface area contributed by atoms with Crippen LogP contribution in [0.3, 0.4) is 0 Å². The fourth-order valence-corrected chi connectivity index (χ4v) is 3.68. The highest BCUT2D eigenvalue weighted by atomic mass is 19.1. The van der Waals surface area contributed by atoms with Gasteiger partial charge in [-0.15, -0.1) is 0 Å². The van der Waals surface area contributed by atoms with Crippen molar-refractivity contribution in [2.45, 2.75) is 57.0 Å². The number of hydrogen-bond donors (Lipinski definition) is 2. The van der Waals surface area contributed by atoms with Crippen LogP contribution in [-0.4, -0.2) is 35.6 Å². The zero-order valence-corrected chi connectivity index (χ0v) is 14.4. The second-order valence-corrected chi connectivity index (χ2v) is 7.13. The molecule has 1 aliphatic carbocycles. The van der Waals surface area contributed by atoms with Gasteiger partial charge in [0.05, 0.1) is 11.2 Å². The van der Waals surface area contributed by atoms with E-state index in [1.807, 2.05) is 0 Å². The third-order valence-electron chi connectivity index (χ3n) is 5.19. The van der Waals surface area contributed by atoms with Gasteiger partial charge in [-0.2, -0.15) is 0 Å². The maximum absolute atomic E-state index is 14.1. The topological polar surface area (TPSA) is 69.6 Å². The largest absolute Gasteiger partial charge is 0.388 e. The van der Waals surface area contributed by atoms with E-state index in [-0.39, 0.29) is 18.0 Å². The number of nitrogens with one attached hydrogen (secondary N) is 1. The van der Waals surface area contributed by atoms with Crippen molar-refractivity contribution in [3.05, 3.63) is 29.6 Å². The molecule has 1 aromatic carbocycles. The summed E-state index contributed by atoms with van der Waals surface area (Å²) >= 11 is 0. The van der Waals surface area contributed by atoms with Crippen LogP contribution >= 0.6 is 0 Å². The Kier molecular flexibility index (Phi) is 5.37. The highest BCUT2D eigenvalue weighted by Gasteiger charge is 2.29. The number of nitrogens with zero attached hydrogens (tertiary/aromatic N) is 1. The summed E-state index contributed by atoms with van der Waals surface area (Å²) in [6.45, 7) is 0.712. The standard InChI is InChI=1S/C19H25FN2O3/c20-16-8-7-14(22-11-5-6-17(22)23)12-15(16)18(24)21-13-19(25)9-3-1-2-4-10-19/h7-8,12,25H,1-6,9-11,13H2,(H,21,24). The molecule has 0 atom stereocenters. The van der Waals surface area contributed by atoms with Crippen LogP contribution in [0.4, 0.5) is 10.1 Å². The fraction of sp³-hybridized carbons (Fsp3) is 0.579. The molecule has 1 saturated carbocycles. The summed E-state index contributed by atoms with van der Waals surface area (Å²) in [6.07, 6.45) is 6.61. The summed E-state index contributed by atoms with van der Waals surface area (Å²) in [5.41, 5.74) is -0.456. The maximum Gasteiger partial charge on any atom is 0.254 e. The molecule has 2 amide bonds. The molecule has 25 heavy (non-hydrogen) atoms. The van der Waals surface area contributed by atoms with Gasteiger partial charge in [0.1, 0.15) is 5.82 Å². The number of aliphatic hydroxyl groups is 1. The average molecular weight is 348 g/mol. The van der Waals surface area contributed by atoms with Crippen LogP contribution in [0, 0.1) is 5.82 Å². The van der Waals surface area contributed by atoms with Gasteiger partial charge >= 0.3 is 0 Å². The van der Waals surface area contributed by atoms with Gasteiger partial charge in [-0.1, -0.05) is 25.7 Å². The van der Waals surface area contributed by atoms with E-state index in [0.717, 1.165) is 32.1 Å². The predicted octanol–water partition coefficient (Wildman–Crippen LogP) is 2.77. The van der Waals surface area contributed by atoms with E-state index in [2.05, 4.69) is 5.32 Å². The van der Waals surface area contributed by atoms with Gasteiger partial charge in [0.25, 0.3) is 5.91 Å². The zero-order chi connectivity index (χ0) is 17.9. The van der Waals surface area contributed by atoms with Crippen molar-refractivity contribution in [1.29, 1.82) is 0 Å². The van der Waals surface area contributed by atoms with Crippen molar-refractivity contribution in [2.24, 2.45) is 0 Å². The predicted molar refractivity (Wildman–Crippen MR) is 93.0 cm³/mol. The Morgan fingerprint density at radius 2 is 1.92 bits per heavy atom. The molecule has 1 aliphatic heterocycles. The molecule has 6 heteroatoms. The molecule has 0 aromatic heterocycles. The molecule has 1 heterocycles. The fourth-order valence-electron chi connectivity index (χ4n) is 3.68. The van der Waals surface area contributed by atoms with E-state index in [0.29, 0.717) is 31.5 Å². The van der Waals surface area contributed by atoms with Gasteiger partial charge in [-0.25, -0.2) is 4.39 Å². The minimum absolute atomic E-state index is 0.00858. The van der Waals surface area contributed by atoms with Crippen LogP contribution in [0.1, 0.15) is 61.7 Å². The first-order valence-electron chi connectivity index (χ1n) is 9.09. The summed E-state index contributed by atoms with van der Waals surface area (Å²) in [5, 5.41) is 13.3. The summed E-state index contributed by atoms with van der Waals surface area (Å²) in [5.74, 6) is -1.19. The van der Waals surface area contributed by atoms with Gasteiger partial charge in [0.2, 0.25) is 5.91 Å². The van der Waals surface area contributed by atoms with Crippen LogP contribution in [0.25, 0.3) is 0 Å². The Morgan fingerprint density at radius 1 is 1.20 bits per heavy atom. The van der Waals surface area contributed by atoms with Crippen LogP contribution < -0.4 is 10.2 Å².